The first-order valence-electron chi connectivity index (χ1n) is 10.0. The topological polar surface area (TPSA) is 142 Å². The Morgan fingerprint density at radius 3 is 2.62 bits per heavy atom. The number of hydrogen-bond donors (Lipinski definition) is 4. The maximum absolute atomic E-state index is 13.4. The van der Waals surface area contributed by atoms with Crippen molar-refractivity contribution in [2.24, 2.45) is 5.92 Å². The number of aliphatic hydroxyl groups excluding tert-OH is 1. The number of halogens is 1. The molecule has 4 N–H and O–H groups in total. The summed E-state index contributed by atoms with van der Waals surface area (Å²) in [7, 11) is 0. The van der Waals surface area contributed by atoms with Crippen LogP contribution < -0.4 is 5.32 Å². The first kappa shape index (κ1) is 21.8. The second-order valence-electron chi connectivity index (χ2n) is 7.17. The number of aliphatic hydroxyl groups is 1. The molecule has 3 aromatic rings. The van der Waals surface area contributed by atoms with E-state index in [1.54, 1.807) is 24.4 Å². The highest BCUT2D eigenvalue weighted by atomic mass is 19.1. The van der Waals surface area contributed by atoms with Gasteiger partial charge in [-0.05, 0) is 30.3 Å². The second kappa shape index (κ2) is 9.81. The van der Waals surface area contributed by atoms with Crippen LogP contribution in [0.25, 0.3) is 22.6 Å². The number of hydrogen-bond acceptors (Lipinski definition) is 8. The van der Waals surface area contributed by atoms with Crippen molar-refractivity contribution >= 4 is 11.9 Å². The number of benzene rings is 1. The fourth-order valence-corrected chi connectivity index (χ4v) is 3.23. The van der Waals surface area contributed by atoms with Gasteiger partial charge < -0.3 is 30.0 Å². The van der Waals surface area contributed by atoms with Gasteiger partial charge in [0, 0.05) is 18.3 Å². The number of imidazole rings is 1. The molecule has 0 atom stereocenters. The predicted octanol–water partition coefficient (Wildman–Crippen LogP) is 1.69. The van der Waals surface area contributed by atoms with E-state index in [0.29, 0.717) is 41.0 Å². The number of carboxylic acids is 1. The first-order chi connectivity index (χ1) is 15.5. The zero-order valence-electron chi connectivity index (χ0n) is 17.0. The summed E-state index contributed by atoms with van der Waals surface area (Å²) in [4.78, 5) is 27.5. The maximum Gasteiger partial charge on any atom is 0.311 e. The molecule has 1 fully saturated rings. The van der Waals surface area contributed by atoms with Crippen molar-refractivity contribution in [2.45, 2.75) is 12.7 Å². The summed E-state index contributed by atoms with van der Waals surface area (Å²) in [5, 5.41) is 21.0. The maximum atomic E-state index is 13.4. The van der Waals surface area contributed by atoms with Crippen molar-refractivity contribution < 1.29 is 28.9 Å². The molecule has 0 spiro atoms. The Morgan fingerprint density at radius 2 is 1.94 bits per heavy atom. The van der Waals surface area contributed by atoms with E-state index in [1.165, 1.54) is 12.1 Å². The summed E-state index contributed by atoms with van der Waals surface area (Å²) in [5.74, 6) is -1.13. The molecule has 0 saturated carbocycles. The minimum atomic E-state index is -0.961. The number of rotatable bonds is 8. The number of ether oxygens (including phenoxy) is 2. The molecule has 11 heteroatoms. The Balaban J connectivity index is 1.62. The molecule has 10 nitrogen and oxygen atoms in total. The number of aromatic amines is 1. The molecule has 168 valence electrons. The molecule has 4 rings (SSSR count). The second-order valence-corrected chi connectivity index (χ2v) is 7.17. The number of anilines is 1. The lowest BCUT2D eigenvalue weighted by Crippen LogP contribution is -2.37. The van der Waals surface area contributed by atoms with Gasteiger partial charge in [0.15, 0.2) is 6.29 Å². The van der Waals surface area contributed by atoms with E-state index >= 15 is 0 Å². The van der Waals surface area contributed by atoms with Gasteiger partial charge in [-0.15, -0.1) is 0 Å². The summed E-state index contributed by atoms with van der Waals surface area (Å²) in [6.07, 6.45) is 1.20. The van der Waals surface area contributed by atoms with Crippen LogP contribution in [0.4, 0.5) is 10.3 Å². The molecule has 0 aliphatic carbocycles. The molecule has 3 heterocycles. The fourth-order valence-electron chi connectivity index (χ4n) is 3.23. The Bertz CT molecular complexity index is 1070. The normalized spacial score (nSPS) is 18.4. The number of aromatic nitrogens is 4. The molecular weight excluding hydrogens is 421 g/mol. The number of nitrogens with one attached hydrogen (secondary N) is 2. The van der Waals surface area contributed by atoms with Gasteiger partial charge in [0.2, 0.25) is 5.95 Å². The number of aliphatic carboxylic acids is 1. The molecule has 1 aliphatic heterocycles. The molecule has 0 bridgehead atoms. The van der Waals surface area contributed by atoms with Crippen molar-refractivity contribution in [3.05, 3.63) is 48.2 Å². The number of H-pyrrole nitrogens is 1. The number of nitrogens with zero attached hydrogens (tertiary/aromatic N) is 3. The molecule has 1 aromatic carbocycles. The fraction of sp³-hybridized carbons (Fsp3) is 0.333. The van der Waals surface area contributed by atoms with E-state index < -0.39 is 18.2 Å². The van der Waals surface area contributed by atoms with Crippen LogP contribution in [0.15, 0.2) is 36.5 Å². The highest BCUT2D eigenvalue weighted by Gasteiger charge is 2.28. The summed E-state index contributed by atoms with van der Waals surface area (Å²) in [6.45, 7) is 0.358. The zero-order valence-corrected chi connectivity index (χ0v) is 17.0. The van der Waals surface area contributed by atoms with Gasteiger partial charge in [-0.25, -0.2) is 19.3 Å². The number of carbonyl (C=O) groups is 1. The third-order valence-corrected chi connectivity index (χ3v) is 4.85. The molecule has 0 unspecified atom stereocenters. The van der Waals surface area contributed by atoms with Gasteiger partial charge in [0.1, 0.15) is 17.6 Å². The van der Waals surface area contributed by atoms with Crippen molar-refractivity contribution in [3.63, 3.8) is 0 Å². The highest BCUT2D eigenvalue weighted by Crippen LogP contribution is 2.30. The van der Waals surface area contributed by atoms with Crippen LogP contribution in [0.2, 0.25) is 0 Å². The molecule has 1 aliphatic rings. The zero-order chi connectivity index (χ0) is 22.5. The van der Waals surface area contributed by atoms with Crippen LogP contribution >= 0.6 is 0 Å². The average molecular weight is 443 g/mol. The van der Waals surface area contributed by atoms with Gasteiger partial charge >= 0.3 is 5.97 Å². The lowest BCUT2D eigenvalue weighted by atomic mass is 10.1. The Hall–Kier alpha value is -3.41. The van der Waals surface area contributed by atoms with Crippen molar-refractivity contribution in [1.82, 2.24) is 19.9 Å². The Labute approximate surface area is 182 Å². The van der Waals surface area contributed by atoms with Crippen LogP contribution in [0.3, 0.4) is 0 Å². The van der Waals surface area contributed by atoms with Gasteiger partial charge in [-0.2, -0.15) is 0 Å². The summed E-state index contributed by atoms with van der Waals surface area (Å²) in [6, 6.07) is 7.65. The van der Waals surface area contributed by atoms with Crippen LogP contribution in [0, 0.1) is 11.7 Å². The molecular formula is C21H22FN5O5. The molecule has 32 heavy (non-hydrogen) atoms. The van der Waals surface area contributed by atoms with Gasteiger partial charge in [0.05, 0.1) is 43.3 Å². The molecule has 0 amide bonds. The summed E-state index contributed by atoms with van der Waals surface area (Å²) in [5.41, 5.74) is 2.39. The quantitative estimate of drug-likeness (QED) is 0.409. The summed E-state index contributed by atoms with van der Waals surface area (Å²) >= 11 is 0. The van der Waals surface area contributed by atoms with E-state index in [4.69, 9.17) is 19.7 Å². The minimum Gasteiger partial charge on any atom is -0.481 e. The summed E-state index contributed by atoms with van der Waals surface area (Å²) < 4.78 is 24.5. The van der Waals surface area contributed by atoms with Gasteiger partial charge in [0.25, 0.3) is 0 Å². The van der Waals surface area contributed by atoms with E-state index in [1.807, 2.05) is 0 Å². The van der Waals surface area contributed by atoms with Crippen LogP contribution in [-0.4, -0.2) is 68.8 Å². The predicted molar refractivity (Wildman–Crippen MR) is 111 cm³/mol. The van der Waals surface area contributed by atoms with E-state index in [2.05, 4.69) is 25.3 Å². The van der Waals surface area contributed by atoms with Crippen LogP contribution in [0.1, 0.15) is 5.82 Å². The lowest BCUT2D eigenvalue weighted by molar-refractivity contribution is -0.206. The van der Waals surface area contributed by atoms with Crippen LogP contribution in [0.5, 0.6) is 0 Å². The number of carboxylic acid groups (broad SMARTS) is 1. The largest absolute Gasteiger partial charge is 0.481 e. The van der Waals surface area contributed by atoms with Crippen molar-refractivity contribution in [3.8, 4) is 22.6 Å². The lowest BCUT2D eigenvalue weighted by Gasteiger charge is -2.26. The first-order valence-corrected chi connectivity index (χ1v) is 10.0. The third-order valence-electron chi connectivity index (χ3n) is 4.85. The SMILES string of the molecule is O=C(O)C1COC(Cc2nc(-c3ccc(F)cc3)c(-c3ccnc(NCCO)n3)[nH]2)OC1. The Morgan fingerprint density at radius 1 is 1.19 bits per heavy atom. The smallest absolute Gasteiger partial charge is 0.311 e. The van der Waals surface area contributed by atoms with E-state index in [9.17, 15) is 9.18 Å². The Kier molecular flexibility index (Phi) is 6.69. The molecule has 1 saturated heterocycles. The van der Waals surface area contributed by atoms with Crippen molar-refractivity contribution in [1.29, 1.82) is 0 Å². The van der Waals surface area contributed by atoms with E-state index in [0.717, 1.165) is 0 Å². The standard InChI is InChI=1S/C21H22FN5O5/c22-14-3-1-12(2-4-14)18-19(15-5-6-23-21(25-15)24-7-8-28)27-16(26-18)9-17-31-10-13(11-32-17)20(29)30/h1-6,13,17,28H,7-11H2,(H,26,27)(H,29,30)(H,23,24,25). The molecule has 0 radical (unpaired) electrons. The van der Waals surface area contributed by atoms with Crippen LogP contribution in [-0.2, 0) is 20.7 Å². The monoisotopic (exact) mass is 443 g/mol. The van der Waals surface area contributed by atoms with Crippen molar-refractivity contribution in [2.75, 3.05) is 31.7 Å². The minimum absolute atomic E-state index is 0.0597. The third kappa shape index (κ3) is 5.07. The average Bonchev–Trinajstić information content (AvgIpc) is 3.22. The molecule has 2 aromatic heterocycles. The van der Waals surface area contributed by atoms with Gasteiger partial charge in [-0.3, -0.25) is 4.79 Å². The van der Waals surface area contributed by atoms with Gasteiger partial charge in [-0.1, -0.05) is 0 Å². The van der Waals surface area contributed by atoms with E-state index in [-0.39, 0.29) is 32.1 Å². The highest BCUT2D eigenvalue weighted by molar-refractivity contribution is 5.77.